The normalized spacial score (nSPS) is 11.5. The topological polar surface area (TPSA) is 100 Å². The Morgan fingerprint density at radius 3 is 2.47 bits per heavy atom. The van der Waals surface area contributed by atoms with Gasteiger partial charge in [-0.3, -0.25) is 14.6 Å². The summed E-state index contributed by atoms with van der Waals surface area (Å²) >= 11 is 0. The highest BCUT2D eigenvalue weighted by atomic mass is 31.0. The van der Waals surface area contributed by atoms with Gasteiger partial charge in [-0.2, -0.15) is 5.10 Å². The second-order valence-electron chi connectivity index (χ2n) is 8.65. The van der Waals surface area contributed by atoms with Crippen LogP contribution in [0.1, 0.15) is 47.2 Å². The van der Waals surface area contributed by atoms with Crippen molar-refractivity contribution < 1.29 is 9.53 Å². The van der Waals surface area contributed by atoms with Crippen molar-refractivity contribution >= 4 is 43.9 Å². The van der Waals surface area contributed by atoms with Crippen LogP contribution < -0.4 is 20.0 Å². The minimum atomic E-state index is -0.334. The Balaban J connectivity index is 2.68. The maximum Gasteiger partial charge on any atom is 0.255 e. The third-order valence-electron chi connectivity index (χ3n) is 5.16. The lowest BCUT2D eigenvalue weighted by Crippen LogP contribution is -2.22. The van der Waals surface area contributed by atoms with E-state index < -0.39 is 0 Å². The fraction of sp³-hybridized carbons (Fsp3) is 0.522. The Labute approximate surface area is 204 Å². The van der Waals surface area contributed by atoms with Gasteiger partial charge >= 0.3 is 0 Å². The monoisotopic (exact) mass is 486 g/mol. The number of aromatic nitrogens is 2. The lowest BCUT2D eigenvalue weighted by atomic mass is 9.91. The molecule has 0 aliphatic heterocycles. The molecule has 0 radical (unpaired) electrons. The van der Waals surface area contributed by atoms with E-state index in [9.17, 15) is 4.79 Å². The second-order valence-corrected chi connectivity index (χ2v) is 9.06. The molecule has 1 amide bonds. The highest BCUT2D eigenvalue weighted by molar-refractivity contribution is 7.13. The van der Waals surface area contributed by atoms with Gasteiger partial charge in [0.2, 0.25) is 5.91 Å². The van der Waals surface area contributed by atoms with Crippen LogP contribution in [0.25, 0.3) is 4.85 Å². The zero-order chi connectivity index (χ0) is 25.5. The third kappa shape index (κ3) is 6.31. The van der Waals surface area contributed by atoms with Crippen molar-refractivity contribution in [3.05, 3.63) is 29.2 Å². The zero-order valence-corrected chi connectivity index (χ0v) is 22.2. The minimum absolute atomic E-state index is 0.222. The van der Waals surface area contributed by atoms with Crippen LogP contribution in [0.4, 0.5) is 28.6 Å². The molecular formula is C23H35N8O2P. The van der Waals surface area contributed by atoms with E-state index in [1.807, 2.05) is 26.8 Å². The number of amides is 1. The number of benzene rings is 1. The fourth-order valence-electron chi connectivity index (χ4n) is 3.48. The number of ether oxygens (including phenoxy) is 1. The SMILES string of the molecule is [C-]#[N+]c1c(C(C)(C)C)nn(CCNP)c1/N=N/c1cc(OC)c(N(CC)CC)cc1NC(C)=O. The van der Waals surface area contributed by atoms with Crippen LogP contribution in [0.5, 0.6) is 5.75 Å². The van der Waals surface area contributed by atoms with Gasteiger partial charge in [-0.25, -0.2) is 4.85 Å². The number of hydrogen-bond acceptors (Lipinski definition) is 7. The number of anilines is 2. The van der Waals surface area contributed by atoms with Crippen LogP contribution in [-0.4, -0.2) is 42.4 Å². The van der Waals surface area contributed by atoms with Crippen molar-refractivity contribution in [1.29, 1.82) is 0 Å². The van der Waals surface area contributed by atoms with E-state index in [2.05, 4.69) is 58.7 Å². The standard InChI is InChI=1S/C23H35N8O2P/c1-9-30(10-2)18-13-16(26-15(3)32)17(14-19(18)33-8)27-28-22-20(24-7)21(23(4,5)6)29-31(22)12-11-25-34/h13-14,25H,9-12,34H2,1-6,8H3,(H,26,32)/b28-27+. The van der Waals surface area contributed by atoms with Crippen molar-refractivity contribution in [1.82, 2.24) is 14.9 Å². The summed E-state index contributed by atoms with van der Waals surface area (Å²) in [5.41, 5.74) is 2.48. The molecule has 0 spiro atoms. The molecule has 2 aromatic rings. The van der Waals surface area contributed by atoms with Crippen molar-refractivity contribution in [2.24, 2.45) is 10.2 Å². The van der Waals surface area contributed by atoms with Crippen LogP contribution in [-0.2, 0) is 16.8 Å². The van der Waals surface area contributed by atoms with E-state index in [0.717, 1.165) is 18.8 Å². The highest BCUT2D eigenvalue weighted by Crippen LogP contribution is 2.42. The molecule has 34 heavy (non-hydrogen) atoms. The van der Waals surface area contributed by atoms with Crippen LogP contribution in [0.2, 0.25) is 0 Å². The summed E-state index contributed by atoms with van der Waals surface area (Å²) in [7, 11) is 4.05. The predicted molar refractivity (Wildman–Crippen MR) is 140 cm³/mol. The molecule has 0 bridgehead atoms. The molecular weight excluding hydrogens is 451 g/mol. The second kappa shape index (κ2) is 11.9. The molecule has 2 N–H and O–H groups in total. The van der Waals surface area contributed by atoms with Gasteiger partial charge in [0.15, 0.2) is 5.82 Å². The average molecular weight is 487 g/mol. The molecule has 2 rings (SSSR count). The molecule has 10 nitrogen and oxygen atoms in total. The van der Waals surface area contributed by atoms with Crippen molar-refractivity contribution in [2.75, 3.05) is 37.0 Å². The Morgan fingerprint density at radius 2 is 1.97 bits per heavy atom. The van der Waals surface area contributed by atoms with Crippen LogP contribution in [0.3, 0.4) is 0 Å². The third-order valence-corrected chi connectivity index (χ3v) is 5.44. The largest absolute Gasteiger partial charge is 0.494 e. The minimum Gasteiger partial charge on any atom is -0.494 e. The molecule has 1 unspecified atom stereocenters. The number of carbonyl (C=O) groups excluding carboxylic acids is 1. The van der Waals surface area contributed by atoms with E-state index in [-0.39, 0.29) is 11.3 Å². The zero-order valence-electron chi connectivity index (χ0n) is 21.1. The van der Waals surface area contributed by atoms with Gasteiger partial charge in [0.1, 0.15) is 11.4 Å². The summed E-state index contributed by atoms with van der Waals surface area (Å²) in [6, 6.07) is 3.59. The van der Waals surface area contributed by atoms with Gasteiger partial charge in [0.05, 0.1) is 37.3 Å². The summed E-state index contributed by atoms with van der Waals surface area (Å²) in [5.74, 6) is 0.773. The van der Waals surface area contributed by atoms with Crippen molar-refractivity contribution in [2.45, 2.75) is 53.5 Å². The molecule has 1 aromatic carbocycles. The van der Waals surface area contributed by atoms with Gasteiger partial charge in [-0.1, -0.05) is 30.2 Å². The number of rotatable bonds is 10. The Morgan fingerprint density at radius 1 is 1.29 bits per heavy atom. The average Bonchev–Trinajstić information content (AvgIpc) is 3.15. The molecule has 1 atom stereocenters. The molecule has 184 valence electrons. The molecule has 1 heterocycles. The first kappa shape index (κ1) is 27.2. The lowest BCUT2D eigenvalue weighted by Gasteiger charge is -2.24. The molecule has 0 fully saturated rings. The Hall–Kier alpha value is -3.02. The van der Waals surface area contributed by atoms with E-state index >= 15 is 0 Å². The van der Waals surface area contributed by atoms with Gasteiger partial charge in [-0.15, -0.1) is 10.2 Å². The Kier molecular flexibility index (Phi) is 9.54. The van der Waals surface area contributed by atoms with Crippen LogP contribution in [0.15, 0.2) is 22.4 Å². The number of nitrogens with zero attached hydrogens (tertiary/aromatic N) is 6. The van der Waals surface area contributed by atoms with Gasteiger partial charge in [0.25, 0.3) is 5.69 Å². The van der Waals surface area contributed by atoms with E-state index in [1.54, 1.807) is 17.9 Å². The summed E-state index contributed by atoms with van der Waals surface area (Å²) < 4.78 is 7.31. The van der Waals surface area contributed by atoms with Crippen molar-refractivity contribution in [3.63, 3.8) is 0 Å². The van der Waals surface area contributed by atoms with Crippen LogP contribution >= 0.6 is 9.39 Å². The number of hydrogen-bond donors (Lipinski definition) is 2. The molecule has 0 saturated carbocycles. The maximum atomic E-state index is 11.9. The molecule has 0 aliphatic carbocycles. The summed E-state index contributed by atoms with van der Waals surface area (Å²) in [6.07, 6.45) is 0. The lowest BCUT2D eigenvalue weighted by molar-refractivity contribution is -0.114. The van der Waals surface area contributed by atoms with Gasteiger partial charge in [0, 0.05) is 32.6 Å². The molecule has 0 aliphatic rings. The number of carbonyl (C=O) groups is 1. The predicted octanol–water partition coefficient (Wildman–Crippen LogP) is 5.34. The number of nitrogens with one attached hydrogen (secondary N) is 2. The smallest absolute Gasteiger partial charge is 0.255 e. The van der Waals surface area contributed by atoms with E-state index in [4.69, 9.17) is 11.3 Å². The molecule has 11 heteroatoms. The first-order chi connectivity index (χ1) is 16.1. The van der Waals surface area contributed by atoms with E-state index in [1.165, 1.54) is 6.92 Å². The van der Waals surface area contributed by atoms with Crippen molar-refractivity contribution in [3.8, 4) is 5.75 Å². The summed E-state index contributed by atoms with van der Waals surface area (Å²) in [4.78, 5) is 17.8. The maximum absolute atomic E-state index is 11.9. The summed E-state index contributed by atoms with van der Waals surface area (Å²) in [5, 5.41) is 19.4. The fourth-order valence-corrected chi connectivity index (χ4v) is 3.61. The van der Waals surface area contributed by atoms with Gasteiger partial charge < -0.3 is 15.0 Å². The Bertz CT molecular complexity index is 1080. The quantitative estimate of drug-likeness (QED) is 0.268. The molecule has 1 aromatic heterocycles. The van der Waals surface area contributed by atoms with E-state index in [0.29, 0.717) is 47.4 Å². The first-order valence-electron chi connectivity index (χ1n) is 11.2. The first-order valence-corrected chi connectivity index (χ1v) is 11.8. The van der Waals surface area contributed by atoms with Gasteiger partial charge in [-0.05, 0) is 25.3 Å². The number of methoxy groups -OCH3 is 1. The van der Waals surface area contributed by atoms with Crippen LogP contribution in [0, 0.1) is 6.57 Å². The number of azo groups is 1. The summed E-state index contributed by atoms with van der Waals surface area (Å²) in [6.45, 7) is 22.0. The highest BCUT2D eigenvalue weighted by Gasteiger charge is 2.27. The molecule has 0 saturated heterocycles.